The maximum atomic E-state index is 6.39. The molecule has 6 heteroatoms. The molecule has 0 unspecified atom stereocenters. The molecule has 0 atom stereocenters. The van der Waals surface area contributed by atoms with Gasteiger partial charge in [0.15, 0.2) is 23.0 Å². The molecule has 28 heavy (non-hydrogen) atoms. The number of pyridine rings is 2. The molecular weight excluding hydrogens is 370 g/mol. The average molecular weight is 381 g/mol. The third kappa shape index (κ3) is 1.70. The number of hydrogen-bond donors (Lipinski definition) is 0. The quantitative estimate of drug-likeness (QED) is 0.299. The van der Waals surface area contributed by atoms with Crippen molar-refractivity contribution in [3.63, 3.8) is 0 Å². The van der Waals surface area contributed by atoms with Crippen molar-refractivity contribution in [2.45, 2.75) is 0 Å². The zero-order chi connectivity index (χ0) is 18.2. The van der Waals surface area contributed by atoms with Gasteiger partial charge in [0.05, 0.1) is 28.5 Å². The lowest BCUT2D eigenvalue weighted by atomic mass is 10.1. The Balaban J connectivity index is 1.65. The van der Waals surface area contributed by atoms with Gasteiger partial charge >= 0.3 is 0 Å². The molecule has 0 saturated carbocycles. The fourth-order valence-electron chi connectivity index (χ4n) is 4.05. The van der Waals surface area contributed by atoms with Crippen LogP contribution < -0.4 is 14.4 Å². The molecular formula is C22H11N3O2S. The largest absolute Gasteiger partial charge is 0.451 e. The number of fused-ring (bicyclic) bond motifs is 8. The summed E-state index contributed by atoms with van der Waals surface area (Å²) in [6.45, 7) is 0. The number of thiophene rings is 1. The maximum Gasteiger partial charge on any atom is 0.173 e. The highest BCUT2D eigenvalue weighted by Gasteiger charge is 2.36. The van der Waals surface area contributed by atoms with E-state index < -0.39 is 0 Å². The smallest absolute Gasteiger partial charge is 0.173 e. The highest BCUT2D eigenvalue weighted by atomic mass is 32.1. The van der Waals surface area contributed by atoms with Crippen LogP contribution in [0.3, 0.4) is 0 Å². The predicted molar refractivity (Wildman–Crippen MR) is 110 cm³/mol. The molecule has 0 radical (unpaired) electrons. The molecule has 3 aromatic heterocycles. The Hall–Kier alpha value is -3.64. The second-order valence-electron chi connectivity index (χ2n) is 6.75. The van der Waals surface area contributed by atoms with E-state index >= 15 is 0 Å². The first-order valence-electron chi connectivity index (χ1n) is 8.90. The first kappa shape index (κ1) is 14.4. The van der Waals surface area contributed by atoms with Crippen LogP contribution in [-0.4, -0.2) is 9.97 Å². The van der Waals surface area contributed by atoms with Crippen LogP contribution in [0.15, 0.2) is 67.3 Å². The number of hydrogen-bond acceptors (Lipinski definition) is 6. The predicted octanol–water partition coefficient (Wildman–Crippen LogP) is 6.53. The van der Waals surface area contributed by atoms with Gasteiger partial charge in [0.2, 0.25) is 0 Å². The van der Waals surface area contributed by atoms with Crippen molar-refractivity contribution in [1.29, 1.82) is 0 Å². The molecule has 132 valence electrons. The van der Waals surface area contributed by atoms with E-state index in [9.17, 15) is 0 Å². The first-order valence-corrected chi connectivity index (χ1v) is 9.72. The number of ether oxygens (including phenoxy) is 2. The molecule has 0 aliphatic carbocycles. The van der Waals surface area contributed by atoms with Crippen LogP contribution in [-0.2, 0) is 0 Å². The fourth-order valence-corrected chi connectivity index (χ4v) is 5.22. The minimum atomic E-state index is 0.726. The van der Waals surface area contributed by atoms with Crippen LogP contribution in [0.25, 0.3) is 20.2 Å². The van der Waals surface area contributed by atoms with Gasteiger partial charge in [-0.1, -0.05) is 18.2 Å². The summed E-state index contributed by atoms with van der Waals surface area (Å²) in [7, 11) is 0. The summed E-state index contributed by atoms with van der Waals surface area (Å²) in [5.41, 5.74) is 2.82. The molecule has 5 heterocycles. The van der Waals surface area contributed by atoms with Crippen LogP contribution in [0.4, 0.5) is 17.1 Å². The van der Waals surface area contributed by atoms with E-state index in [1.165, 1.54) is 10.1 Å². The average Bonchev–Trinajstić information content (AvgIpc) is 3.12. The third-order valence-corrected chi connectivity index (χ3v) is 6.41. The maximum absolute atomic E-state index is 6.39. The van der Waals surface area contributed by atoms with E-state index in [1.807, 2.05) is 12.1 Å². The molecule has 2 aliphatic rings. The molecule has 0 N–H and O–H groups in total. The van der Waals surface area contributed by atoms with Gasteiger partial charge in [0.25, 0.3) is 0 Å². The topological polar surface area (TPSA) is 47.5 Å². The van der Waals surface area contributed by atoms with E-state index in [0.29, 0.717) is 0 Å². The lowest BCUT2D eigenvalue weighted by Crippen LogP contribution is -2.20. The van der Waals surface area contributed by atoms with Gasteiger partial charge in [-0.15, -0.1) is 11.3 Å². The minimum absolute atomic E-state index is 0.726. The summed E-state index contributed by atoms with van der Waals surface area (Å²) in [6, 6.07) is 14.5. The lowest BCUT2D eigenvalue weighted by molar-refractivity contribution is 0.448. The summed E-state index contributed by atoms with van der Waals surface area (Å²) in [6.07, 6.45) is 7.08. The molecule has 2 aliphatic heterocycles. The monoisotopic (exact) mass is 381 g/mol. The number of rotatable bonds is 0. The van der Waals surface area contributed by atoms with Crippen LogP contribution in [0.5, 0.6) is 23.0 Å². The lowest BCUT2D eigenvalue weighted by Gasteiger charge is -2.37. The number of benzene rings is 2. The number of nitrogens with zero attached hydrogens (tertiary/aromatic N) is 3. The number of aromatic nitrogens is 2. The molecule has 5 nitrogen and oxygen atoms in total. The summed E-state index contributed by atoms with van der Waals surface area (Å²) >= 11 is 1.74. The van der Waals surface area contributed by atoms with E-state index in [-0.39, 0.29) is 0 Å². The standard InChI is InChI=1S/C22H11N3O2S/c1-2-4-19-12(3-1)13-9-16-20-21(22(13)28-19)27-18-11-24-8-6-15(18)25(20)14-5-7-23-10-17(14)26-16/h1-11H. The van der Waals surface area contributed by atoms with Crippen molar-refractivity contribution >= 4 is 48.6 Å². The highest BCUT2D eigenvalue weighted by Crippen LogP contribution is 2.62. The summed E-state index contributed by atoms with van der Waals surface area (Å²) in [4.78, 5) is 10.7. The normalized spacial score (nSPS) is 13.5. The third-order valence-electron chi connectivity index (χ3n) is 5.23. The van der Waals surface area contributed by atoms with Crippen molar-refractivity contribution in [3.05, 3.63) is 67.3 Å². The van der Waals surface area contributed by atoms with Gasteiger partial charge in [-0.25, -0.2) is 0 Å². The zero-order valence-corrected chi connectivity index (χ0v) is 15.2. The second-order valence-corrected chi connectivity index (χ2v) is 7.81. The van der Waals surface area contributed by atoms with Gasteiger partial charge in [-0.2, -0.15) is 0 Å². The molecule has 0 bridgehead atoms. The van der Waals surface area contributed by atoms with Crippen molar-refractivity contribution in [3.8, 4) is 23.0 Å². The van der Waals surface area contributed by atoms with Crippen LogP contribution in [0, 0.1) is 0 Å². The van der Waals surface area contributed by atoms with E-state index in [2.05, 4.69) is 45.2 Å². The fraction of sp³-hybridized carbons (Fsp3) is 0. The van der Waals surface area contributed by atoms with Crippen LogP contribution in [0.1, 0.15) is 0 Å². The van der Waals surface area contributed by atoms with E-state index in [0.717, 1.165) is 50.1 Å². The van der Waals surface area contributed by atoms with Crippen molar-refractivity contribution < 1.29 is 9.47 Å². The Labute approximate surface area is 163 Å². The van der Waals surface area contributed by atoms with Gasteiger partial charge < -0.3 is 9.47 Å². The second kappa shape index (κ2) is 4.99. The van der Waals surface area contributed by atoms with Crippen LogP contribution >= 0.6 is 11.3 Å². The van der Waals surface area contributed by atoms with Crippen molar-refractivity contribution in [2.24, 2.45) is 0 Å². The van der Waals surface area contributed by atoms with E-state index in [4.69, 9.17) is 9.47 Å². The molecule has 0 amide bonds. The van der Waals surface area contributed by atoms with Crippen LogP contribution in [0.2, 0.25) is 0 Å². The highest BCUT2D eigenvalue weighted by molar-refractivity contribution is 7.26. The summed E-state index contributed by atoms with van der Waals surface area (Å²) in [5.74, 6) is 3.05. The van der Waals surface area contributed by atoms with Gasteiger partial charge in [-0.05, 0) is 24.3 Å². The molecule has 0 saturated heterocycles. The van der Waals surface area contributed by atoms with Crippen molar-refractivity contribution in [2.75, 3.05) is 4.90 Å². The molecule has 7 rings (SSSR count). The summed E-state index contributed by atoms with van der Waals surface area (Å²) < 4.78 is 15.0. The molecule has 2 aromatic carbocycles. The Bertz CT molecular complexity index is 1430. The Kier molecular flexibility index (Phi) is 2.57. The van der Waals surface area contributed by atoms with Gasteiger partial charge in [0.1, 0.15) is 5.69 Å². The molecule has 5 aromatic rings. The number of anilines is 3. The Morgan fingerprint density at radius 1 is 0.786 bits per heavy atom. The van der Waals surface area contributed by atoms with Gasteiger partial charge in [-0.3, -0.25) is 14.9 Å². The Morgan fingerprint density at radius 2 is 1.54 bits per heavy atom. The summed E-state index contributed by atoms with van der Waals surface area (Å²) in [5, 5.41) is 2.34. The van der Waals surface area contributed by atoms with Gasteiger partial charge in [0, 0.05) is 27.9 Å². The first-order chi connectivity index (χ1) is 13.9. The van der Waals surface area contributed by atoms with Crippen molar-refractivity contribution in [1.82, 2.24) is 9.97 Å². The minimum Gasteiger partial charge on any atom is -0.451 e. The Morgan fingerprint density at radius 3 is 2.36 bits per heavy atom. The molecule has 0 spiro atoms. The zero-order valence-electron chi connectivity index (χ0n) is 14.4. The van der Waals surface area contributed by atoms with E-state index in [1.54, 1.807) is 36.1 Å². The molecule has 0 fully saturated rings. The SMILES string of the molecule is c1ccc2c(c1)sc1c3c4c(cc12)Oc1cnccc1N4c1ccncc1O3.